The molecule has 0 radical (unpaired) electrons. The summed E-state index contributed by atoms with van der Waals surface area (Å²) in [6.45, 7) is 0.366. The van der Waals surface area contributed by atoms with Gasteiger partial charge in [0.15, 0.2) is 0 Å². The van der Waals surface area contributed by atoms with Crippen LogP contribution in [-0.4, -0.2) is 44.7 Å². The Hall–Kier alpha value is -1.15. The van der Waals surface area contributed by atoms with Crippen LogP contribution < -0.4 is 10.0 Å². The highest BCUT2D eigenvalue weighted by molar-refractivity contribution is 7.89. The molecule has 2 rings (SSSR count). The molecule has 8 heteroatoms. The number of rotatable bonds is 18. The van der Waals surface area contributed by atoms with E-state index in [0.717, 1.165) is 64.0 Å². The number of hydrogen-bond acceptors (Lipinski definition) is 5. The Morgan fingerprint density at radius 1 is 0.742 bits per heavy atom. The summed E-state index contributed by atoms with van der Waals surface area (Å²) in [4.78, 5) is 24.2. The van der Waals surface area contributed by atoms with Crippen LogP contribution >= 0.6 is 0 Å². The van der Waals surface area contributed by atoms with E-state index in [1.54, 1.807) is 0 Å². The second-order valence-corrected chi connectivity index (χ2v) is 11.5. The Bertz CT molecular complexity index is 684. The lowest BCUT2D eigenvalue weighted by atomic mass is 9.96. The summed E-state index contributed by atoms with van der Waals surface area (Å²) in [5, 5.41) is 11.6. The topological polar surface area (TPSA) is 113 Å². The lowest BCUT2D eigenvalue weighted by molar-refractivity contribution is -0.127. The third kappa shape index (κ3) is 9.48. The van der Waals surface area contributed by atoms with E-state index in [0.29, 0.717) is 6.54 Å². The van der Waals surface area contributed by atoms with Gasteiger partial charge in [-0.3, -0.25) is 14.3 Å². The van der Waals surface area contributed by atoms with Gasteiger partial charge in [-0.05, 0) is 38.5 Å². The number of unbranched alkanes of at least 4 members (excludes halogenated alkanes) is 9. The minimum Gasteiger partial charge on any atom is -0.395 e. The van der Waals surface area contributed by atoms with Gasteiger partial charge in [0.25, 0.3) is 0 Å². The fourth-order valence-corrected chi connectivity index (χ4v) is 5.01. The van der Waals surface area contributed by atoms with Gasteiger partial charge in [-0.1, -0.05) is 64.2 Å². The molecular weight excluding hydrogens is 416 g/mol. The predicted octanol–water partition coefficient (Wildman–Crippen LogP) is 3.41. The highest BCUT2D eigenvalue weighted by atomic mass is 32.2. The van der Waals surface area contributed by atoms with E-state index in [1.165, 1.54) is 44.9 Å². The van der Waals surface area contributed by atoms with Crippen LogP contribution in [-0.2, 0) is 19.6 Å². The maximum atomic E-state index is 12.1. The van der Waals surface area contributed by atoms with Crippen LogP contribution in [0.15, 0.2) is 0 Å². The van der Waals surface area contributed by atoms with Crippen molar-refractivity contribution < 1.29 is 23.1 Å². The molecule has 2 saturated carbocycles. The van der Waals surface area contributed by atoms with Crippen molar-refractivity contribution in [3.05, 3.63) is 0 Å². The van der Waals surface area contributed by atoms with Gasteiger partial charge in [-0.15, -0.1) is 0 Å². The van der Waals surface area contributed by atoms with Crippen LogP contribution in [0, 0.1) is 10.8 Å². The highest BCUT2D eigenvalue weighted by Crippen LogP contribution is 2.51. The van der Waals surface area contributed by atoms with E-state index in [-0.39, 0.29) is 23.8 Å². The zero-order valence-corrected chi connectivity index (χ0v) is 20.0. The molecule has 0 saturated heterocycles. The van der Waals surface area contributed by atoms with Gasteiger partial charge in [-0.25, -0.2) is 8.42 Å². The SMILES string of the molecule is CS(=O)(=O)NC(=O)C1(CCCCCCCCCCCCC2(C(=O)NCCO)CC2)CC1. The Morgan fingerprint density at radius 2 is 1.13 bits per heavy atom. The summed E-state index contributed by atoms with van der Waals surface area (Å²) >= 11 is 0. The number of hydrogen-bond donors (Lipinski definition) is 3. The van der Waals surface area contributed by atoms with Gasteiger partial charge in [-0.2, -0.15) is 0 Å². The monoisotopic (exact) mass is 458 g/mol. The van der Waals surface area contributed by atoms with E-state index in [9.17, 15) is 18.0 Å². The second-order valence-electron chi connectivity index (χ2n) is 9.78. The van der Waals surface area contributed by atoms with Crippen LogP contribution in [0.3, 0.4) is 0 Å². The third-order valence-corrected chi connectivity index (χ3v) is 7.46. The minimum absolute atomic E-state index is 0.00509. The molecule has 0 bridgehead atoms. The van der Waals surface area contributed by atoms with Gasteiger partial charge in [0, 0.05) is 12.0 Å². The number of nitrogens with one attached hydrogen (secondary N) is 2. The normalized spacial score (nSPS) is 18.4. The van der Waals surface area contributed by atoms with Crippen LogP contribution in [0.4, 0.5) is 0 Å². The molecule has 180 valence electrons. The standard InChI is InChI=1S/C23H42N2O5S/c1-31(29,30)25-21(28)23(16-17-23)13-11-9-7-5-3-2-4-6-8-10-12-22(14-15-22)20(27)24-18-19-26/h26H,2-19H2,1H3,(H,24,27)(H,25,28). The van der Waals surface area contributed by atoms with Crippen LogP contribution in [0.1, 0.15) is 103 Å². The van der Waals surface area contributed by atoms with Crippen molar-refractivity contribution in [1.82, 2.24) is 10.0 Å². The number of aliphatic hydroxyl groups excluding tert-OH is 1. The summed E-state index contributed by atoms with van der Waals surface area (Å²) in [5.41, 5.74) is -0.540. The first-order valence-corrected chi connectivity index (χ1v) is 14.0. The maximum absolute atomic E-state index is 12.1. The van der Waals surface area contributed by atoms with Crippen molar-refractivity contribution in [1.29, 1.82) is 0 Å². The summed E-state index contributed by atoms with van der Waals surface area (Å²) in [7, 11) is -3.46. The molecule has 0 unspecified atom stereocenters. The zero-order chi connectivity index (χ0) is 22.8. The Balaban J connectivity index is 1.39. The molecule has 31 heavy (non-hydrogen) atoms. The molecule has 0 spiro atoms. The molecule has 2 fully saturated rings. The summed E-state index contributed by atoms with van der Waals surface area (Å²) in [5.74, 6) is -0.182. The van der Waals surface area contributed by atoms with Gasteiger partial charge in [0.05, 0.1) is 18.3 Å². The molecule has 3 N–H and O–H groups in total. The highest BCUT2D eigenvalue weighted by Gasteiger charge is 2.50. The number of sulfonamides is 1. The van der Waals surface area contributed by atoms with Crippen molar-refractivity contribution >= 4 is 21.8 Å². The van der Waals surface area contributed by atoms with E-state index < -0.39 is 15.4 Å². The smallest absolute Gasteiger partial charge is 0.239 e. The fraction of sp³-hybridized carbons (Fsp3) is 0.913. The number of carbonyl (C=O) groups excluding carboxylic acids is 2. The van der Waals surface area contributed by atoms with E-state index in [1.807, 2.05) is 0 Å². The van der Waals surface area contributed by atoms with Crippen molar-refractivity contribution in [2.45, 2.75) is 103 Å². The van der Waals surface area contributed by atoms with Crippen LogP contribution in [0.25, 0.3) is 0 Å². The first-order chi connectivity index (χ1) is 14.7. The average molecular weight is 459 g/mol. The van der Waals surface area contributed by atoms with Gasteiger partial charge in [0.1, 0.15) is 0 Å². The molecule has 0 heterocycles. The molecule has 2 aliphatic rings. The molecule has 0 aromatic carbocycles. The van der Waals surface area contributed by atoms with Gasteiger partial charge >= 0.3 is 0 Å². The first-order valence-electron chi connectivity index (χ1n) is 12.1. The van der Waals surface area contributed by atoms with Crippen molar-refractivity contribution in [2.75, 3.05) is 19.4 Å². The predicted molar refractivity (Wildman–Crippen MR) is 122 cm³/mol. The molecule has 7 nitrogen and oxygen atoms in total. The summed E-state index contributed by atoms with van der Waals surface area (Å²) < 4.78 is 24.6. The molecule has 0 aromatic heterocycles. The van der Waals surface area contributed by atoms with E-state index in [2.05, 4.69) is 10.0 Å². The third-order valence-electron chi connectivity index (χ3n) is 6.91. The number of carbonyl (C=O) groups is 2. The summed E-state index contributed by atoms with van der Waals surface area (Å²) in [6, 6.07) is 0. The summed E-state index contributed by atoms with van der Waals surface area (Å²) in [6.07, 6.45) is 18.2. The van der Waals surface area contributed by atoms with E-state index >= 15 is 0 Å². The largest absolute Gasteiger partial charge is 0.395 e. The Morgan fingerprint density at radius 3 is 1.48 bits per heavy atom. The lowest BCUT2D eigenvalue weighted by Crippen LogP contribution is -2.36. The van der Waals surface area contributed by atoms with Gasteiger partial charge < -0.3 is 10.4 Å². The van der Waals surface area contributed by atoms with Crippen molar-refractivity contribution in [2.24, 2.45) is 10.8 Å². The second kappa shape index (κ2) is 12.2. The Labute approximate surface area is 188 Å². The van der Waals surface area contributed by atoms with Gasteiger partial charge in [0.2, 0.25) is 21.8 Å². The zero-order valence-electron chi connectivity index (χ0n) is 19.2. The molecule has 0 aliphatic heterocycles. The lowest BCUT2D eigenvalue weighted by Gasteiger charge is -2.14. The van der Waals surface area contributed by atoms with E-state index in [4.69, 9.17) is 5.11 Å². The number of aliphatic hydroxyl groups is 1. The maximum Gasteiger partial charge on any atom is 0.239 e. The fourth-order valence-electron chi connectivity index (χ4n) is 4.46. The molecule has 2 amide bonds. The van der Waals surface area contributed by atoms with Crippen molar-refractivity contribution in [3.8, 4) is 0 Å². The molecule has 0 aromatic rings. The van der Waals surface area contributed by atoms with Crippen LogP contribution in [0.5, 0.6) is 0 Å². The molecule has 2 aliphatic carbocycles. The van der Waals surface area contributed by atoms with Crippen LogP contribution in [0.2, 0.25) is 0 Å². The average Bonchev–Trinajstić information content (AvgIpc) is 3.61. The number of amides is 2. The first kappa shape index (κ1) is 26.1. The Kier molecular flexibility index (Phi) is 10.3. The van der Waals surface area contributed by atoms with Crippen molar-refractivity contribution in [3.63, 3.8) is 0 Å². The minimum atomic E-state index is -3.46. The quantitative estimate of drug-likeness (QED) is 0.272. The molecule has 0 atom stereocenters. The molecular formula is C23H42N2O5S.